The zero-order valence-corrected chi connectivity index (χ0v) is 15.1. The smallest absolute Gasteiger partial charge is 0.162 e. The van der Waals surface area contributed by atoms with E-state index < -0.39 is 0 Å². The van der Waals surface area contributed by atoms with Crippen LogP contribution in [-0.4, -0.2) is 12.3 Å². The van der Waals surface area contributed by atoms with Gasteiger partial charge in [-0.25, -0.2) is 0 Å². The van der Waals surface area contributed by atoms with Gasteiger partial charge in [0.05, 0.1) is 12.0 Å². The van der Waals surface area contributed by atoms with E-state index in [1.807, 2.05) is 0 Å². The number of rotatable bonds is 0. The molecule has 4 aliphatic rings. The van der Waals surface area contributed by atoms with E-state index in [-0.39, 0.29) is 10.8 Å². The van der Waals surface area contributed by atoms with Crippen molar-refractivity contribution in [2.45, 2.75) is 51.9 Å². The Balaban J connectivity index is 1.80. The van der Waals surface area contributed by atoms with Gasteiger partial charge in [-0.15, -0.1) is 5.11 Å². The molecule has 2 heterocycles. The summed E-state index contributed by atoms with van der Waals surface area (Å²) in [7, 11) is 0. The number of carbonyl (C=O) groups is 1. The van der Waals surface area contributed by atoms with E-state index in [1.165, 1.54) is 22.3 Å². The fourth-order valence-corrected chi connectivity index (χ4v) is 5.42. The molecule has 0 bridgehead atoms. The van der Waals surface area contributed by atoms with E-state index in [1.54, 1.807) is 0 Å². The van der Waals surface area contributed by atoms with Crippen molar-refractivity contribution in [3.05, 3.63) is 57.6 Å². The topological polar surface area (TPSA) is 53.8 Å². The van der Waals surface area contributed by atoms with Gasteiger partial charge >= 0.3 is 0 Å². The molecule has 1 N–H and O–H groups in total. The average Bonchev–Trinajstić information content (AvgIpc) is 3.13. The van der Waals surface area contributed by atoms with Crippen LogP contribution in [-0.2, 0) is 16.6 Å². The first-order chi connectivity index (χ1) is 11.9. The maximum absolute atomic E-state index is 13.3. The maximum Gasteiger partial charge on any atom is 0.162 e. The van der Waals surface area contributed by atoms with Crippen molar-refractivity contribution < 1.29 is 4.79 Å². The molecule has 128 valence electrons. The summed E-state index contributed by atoms with van der Waals surface area (Å²) in [5.41, 5.74) is 7.01. The molecular formula is C21H23N3O. The van der Waals surface area contributed by atoms with E-state index in [4.69, 9.17) is 0 Å². The summed E-state index contributed by atoms with van der Waals surface area (Å²) in [4.78, 5) is 13.3. The summed E-state index contributed by atoms with van der Waals surface area (Å²) in [6, 6.07) is 6.53. The number of hydrogen-bond acceptors (Lipinski definition) is 4. The standard InChI is InChI=1S/C21H23N3O/c1-12-5-4-6-14-13(12)7-8-21(14)15-11-22-24-19(15)23-16-9-20(2,3)10-17(25)18(16)21/h4-6,23H,7-11H2,1-3H3/t21-/m0/s1. The number of dihydropyridines is 1. The van der Waals surface area contributed by atoms with Crippen LogP contribution in [0.1, 0.15) is 49.8 Å². The van der Waals surface area contributed by atoms with Crippen LogP contribution in [0.25, 0.3) is 0 Å². The zero-order valence-electron chi connectivity index (χ0n) is 15.1. The van der Waals surface area contributed by atoms with Crippen LogP contribution in [0.2, 0.25) is 0 Å². The second-order valence-electron chi connectivity index (χ2n) is 8.65. The molecular weight excluding hydrogens is 310 g/mol. The molecule has 2 aliphatic carbocycles. The fourth-order valence-electron chi connectivity index (χ4n) is 5.42. The highest BCUT2D eigenvalue weighted by molar-refractivity contribution is 6.02. The molecule has 1 aromatic rings. The third kappa shape index (κ3) is 1.85. The first kappa shape index (κ1) is 15.1. The summed E-state index contributed by atoms with van der Waals surface area (Å²) >= 11 is 0. The Morgan fingerprint density at radius 3 is 2.88 bits per heavy atom. The second-order valence-corrected chi connectivity index (χ2v) is 8.65. The zero-order chi connectivity index (χ0) is 17.4. The summed E-state index contributed by atoms with van der Waals surface area (Å²) in [6.45, 7) is 7.13. The number of nitrogens with one attached hydrogen (secondary N) is 1. The number of Topliss-reactive ketones (excluding diaryl/α,β-unsaturated/α-hetero) is 1. The van der Waals surface area contributed by atoms with Gasteiger partial charge in [0.25, 0.3) is 0 Å². The van der Waals surface area contributed by atoms with Gasteiger partial charge in [0.15, 0.2) is 11.6 Å². The SMILES string of the molecule is Cc1cccc2c1CC[C@@]21C2=C(N=NC2)NC2=C1C(=O)CC(C)(C)C2. The van der Waals surface area contributed by atoms with Crippen LogP contribution in [0.4, 0.5) is 0 Å². The summed E-state index contributed by atoms with van der Waals surface area (Å²) < 4.78 is 0. The van der Waals surface area contributed by atoms with Gasteiger partial charge in [-0.2, -0.15) is 5.11 Å². The quantitative estimate of drug-likeness (QED) is 0.777. The monoisotopic (exact) mass is 333 g/mol. The van der Waals surface area contributed by atoms with Crippen molar-refractivity contribution in [2.75, 3.05) is 6.54 Å². The van der Waals surface area contributed by atoms with E-state index in [2.05, 4.69) is 54.5 Å². The lowest BCUT2D eigenvalue weighted by molar-refractivity contribution is -0.118. The predicted octanol–water partition coefficient (Wildman–Crippen LogP) is 4.10. The van der Waals surface area contributed by atoms with Gasteiger partial charge in [-0.05, 0) is 48.3 Å². The molecule has 4 heteroatoms. The average molecular weight is 333 g/mol. The minimum Gasteiger partial charge on any atom is -0.342 e. The van der Waals surface area contributed by atoms with Crippen molar-refractivity contribution in [1.82, 2.24) is 5.32 Å². The number of carbonyl (C=O) groups excluding carboxylic acids is 1. The van der Waals surface area contributed by atoms with Crippen LogP contribution in [0.3, 0.4) is 0 Å². The van der Waals surface area contributed by atoms with Gasteiger partial charge < -0.3 is 5.32 Å². The first-order valence-corrected chi connectivity index (χ1v) is 9.16. The lowest BCUT2D eigenvalue weighted by Crippen LogP contribution is -2.45. The Morgan fingerprint density at radius 2 is 2.04 bits per heavy atom. The number of hydrogen-bond donors (Lipinski definition) is 1. The molecule has 0 aromatic heterocycles. The van der Waals surface area contributed by atoms with E-state index in [0.717, 1.165) is 36.4 Å². The molecule has 0 amide bonds. The van der Waals surface area contributed by atoms with Crippen LogP contribution in [0, 0.1) is 12.3 Å². The number of ketones is 1. The molecule has 0 saturated carbocycles. The highest BCUT2D eigenvalue weighted by Crippen LogP contribution is 2.57. The number of allylic oxidation sites excluding steroid dienone is 2. The van der Waals surface area contributed by atoms with E-state index >= 15 is 0 Å². The van der Waals surface area contributed by atoms with Gasteiger partial charge in [-0.3, -0.25) is 4.79 Å². The minimum absolute atomic E-state index is 0.00798. The van der Waals surface area contributed by atoms with Crippen molar-refractivity contribution in [3.63, 3.8) is 0 Å². The molecule has 5 rings (SSSR count). The highest BCUT2D eigenvalue weighted by atomic mass is 16.1. The second kappa shape index (κ2) is 4.69. The first-order valence-electron chi connectivity index (χ1n) is 9.16. The van der Waals surface area contributed by atoms with Crippen molar-refractivity contribution in [3.8, 4) is 0 Å². The fraction of sp³-hybridized carbons (Fsp3) is 0.476. The van der Waals surface area contributed by atoms with Gasteiger partial charge in [0, 0.05) is 23.3 Å². The molecule has 1 atom stereocenters. The Bertz CT molecular complexity index is 919. The summed E-state index contributed by atoms with van der Waals surface area (Å²) in [6.07, 6.45) is 3.49. The number of nitrogens with zero attached hydrogens (tertiary/aromatic N) is 2. The van der Waals surface area contributed by atoms with Crippen LogP contribution < -0.4 is 5.32 Å². The van der Waals surface area contributed by atoms with Crippen molar-refractivity contribution in [1.29, 1.82) is 0 Å². The predicted molar refractivity (Wildman–Crippen MR) is 96.1 cm³/mol. The van der Waals surface area contributed by atoms with Crippen LogP contribution in [0.5, 0.6) is 0 Å². The van der Waals surface area contributed by atoms with Gasteiger partial charge in [0.2, 0.25) is 0 Å². The molecule has 4 nitrogen and oxygen atoms in total. The van der Waals surface area contributed by atoms with Gasteiger partial charge in [-0.1, -0.05) is 32.0 Å². The van der Waals surface area contributed by atoms with Crippen LogP contribution in [0.15, 0.2) is 51.1 Å². The molecule has 1 spiro atoms. The molecule has 0 saturated heterocycles. The molecule has 25 heavy (non-hydrogen) atoms. The Kier molecular flexibility index (Phi) is 2.82. The number of azo groups is 1. The number of benzene rings is 1. The number of aryl methyl sites for hydroxylation is 1. The Morgan fingerprint density at radius 1 is 1.20 bits per heavy atom. The molecule has 0 fully saturated rings. The van der Waals surface area contributed by atoms with Crippen molar-refractivity contribution >= 4 is 5.78 Å². The lowest BCUT2D eigenvalue weighted by Gasteiger charge is -2.44. The lowest BCUT2D eigenvalue weighted by atomic mass is 9.61. The maximum atomic E-state index is 13.3. The highest BCUT2D eigenvalue weighted by Gasteiger charge is 2.54. The van der Waals surface area contributed by atoms with E-state index in [9.17, 15) is 4.79 Å². The van der Waals surface area contributed by atoms with Gasteiger partial charge in [0.1, 0.15) is 0 Å². The Labute approximate surface area is 148 Å². The van der Waals surface area contributed by atoms with E-state index in [0.29, 0.717) is 18.7 Å². The van der Waals surface area contributed by atoms with Crippen molar-refractivity contribution in [2.24, 2.45) is 15.6 Å². The normalized spacial score (nSPS) is 29.0. The number of fused-ring (bicyclic) bond motifs is 4. The molecule has 0 radical (unpaired) electrons. The third-order valence-electron chi connectivity index (χ3n) is 6.39. The summed E-state index contributed by atoms with van der Waals surface area (Å²) in [5.74, 6) is 1.19. The summed E-state index contributed by atoms with van der Waals surface area (Å²) in [5, 5.41) is 12.2. The molecule has 2 aliphatic heterocycles. The third-order valence-corrected chi connectivity index (χ3v) is 6.39. The molecule has 0 unspecified atom stereocenters. The molecule has 1 aromatic carbocycles. The van der Waals surface area contributed by atoms with Crippen LogP contribution >= 0.6 is 0 Å². The minimum atomic E-state index is -0.311. The largest absolute Gasteiger partial charge is 0.342 e. The Hall–Kier alpha value is -2.23.